The van der Waals surface area contributed by atoms with Crippen molar-refractivity contribution >= 4 is 5.82 Å². The second kappa shape index (κ2) is 6.99. The number of nitrogens with zero attached hydrogens (tertiary/aromatic N) is 2. The zero-order valence-electron chi connectivity index (χ0n) is 12.2. The maximum Gasteiger partial charge on any atom is 0.218 e. The molecular weight excluding hydrogens is 271 g/mol. The molecule has 0 aliphatic carbocycles. The molecule has 1 aromatic heterocycles. The molecule has 21 heavy (non-hydrogen) atoms. The maximum atomic E-state index is 13.9. The van der Waals surface area contributed by atoms with Crippen LogP contribution >= 0.6 is 0 Å². The topological polar surface area (TPSA) is 73.1 Å². The Morgan fingerprint density at radius 2 is 2.10 bits per heavy atom. The largest absolute Gasteiger partial charge is 0.478 e. The zero-order chi connectivity index (χ0) is 15.2. The highest BCUT2D eigenvalue weighted by Crippen LogP contribution is 2.16. The molecule has 2 aromatic rings. The van der Waals surface area contributed by atoms with Gasteiger partial charge in [0.05, 0.1) is 6.61 Å². The smallest absolute Gasteiger partial charge is 0.218 e. The van der Waals surface area contributed by atoms with Gasteiger partial charge >= 0.3 is 0 Å². The van der Waals surface area contributed by atoms with Crippen LogP contribution in [0.4, 0.5) is 10.2 Å². The summed E-state index contributed by atoms with van der Waals surface area (Å²) in [6, 6.07) is 6.69. The summed E-state index contributed by atoms with van der Waals surface area (Å²) in [7, 11) is 0. The SMILES string of the molecule is CCOc1cc(NCc2ccc(CN)cc2F)nc(C)n1. The Morgan fingerprint density at radius 1 is 1.29 bits per heavy atom. The Balaban J connectivity index is 2.09. The number of aromatic nitrogens is 2. The van der Waals surface area contributed by atoms with Crippen LogP contribution in [0.2, 0.25) is 0 Å². The average Bonchev–Trinajstić information content (AvgIpc) is 2.45. The number of anilines is 1. The molecule has 1 aromatic carbocycles. The van der Waals surface area contributed by atoms with Crippen molar-refractivity contribution in [3.63, 3.8) is 0 Å². The molecule has 0 radical (unpaired) electrons. The molecule has 5 nitrogen and oxygen atoms in total. The van der Waals surface area contributed by atoms with Crippen LogP contribution in [0.25, 0.3) is 0 Å². The lowest BCUT2D eigenvalue weighted by molar-refractivity contribution is 0.325. The van der Waals surface area contributed by atoms with E-state index in [1.54, 1.807) is 19.1 Å². The van der Waals surface area contributed by atoms with E-state index in [-0.39, 0.29) is 5.82 Å². The molecule has 0 saturated heterocycles. The minimum atomic E-state index is -0.277. The summed E-state index contributed by atoms with van der Waals surface area (Å²) in [6.45, 7) is 4.86. The maximum absolute atomic E-state index is 13.9. The van der Waals surface area contributed by atoms with Crippen LogP contribution in [-0.4, -0.2) is 16.6 Å². The van der Waals surface area contributed by atoms with Crippen molar-refractivity contribution in [3.8, 4) is 5.88 Å². The van der Waals surface area contributed by atoms with E-state index in [1.807, 2.05) is 13.0 Å². The second-order valence-electron chi connectivity index (χ2n) is 4.56. The monoisotopic (exact) mass is 290 g/mol. The minimum Gasteiger partial charge on any atom is -0.478 e. The fourth-order valence-electron chi connectivity index (χ4n) is 1.90. The summed E-state index contributed by atoms with van der Waals surface area (Å²) in [6.07, 6.45) is 0. The number of hydrogen-bond acceptors (Lipinski definition) is 5. The summed E-state index contributed by atoms with van der Waals surface area (Å²) in [5, 5.41) is 3.08. The highest BCUT2D eigenvalue weighted by Gasteiger charge is 2.06. The number of rotatable bonds is 6. The average molecular weight is 290 g/mol. The predicted octanol–water partition coefficient (Wildman–Crippen LogP) is 2.39. The number of aryl methyl sites for hydroxylation is 1. The normalized spacial score (nSPS) is 10.5. The van der Waals surface area contributed by atoms with Crippen LogP contribution in [0.3, 0.4) is 0 Å². The number of nitrogens with one attached hydrogen (secondary N) is 1. The number of halogens is 1. The van der Waals surface area contributed by atoms with Crippen LogP contribution in [0.5, 0.6) is 5.88 Å². The van der Waals surface area contributed by atoms with Crippen molar-refractivity contribution in [2.24, 2.45) is 5.73 Å². The van der Waals surface area contributed by atoms with Crippen LogP contribution in [-0.2, 0) is 13.1 Å². The molecule has 6 heteroatoms. The predicted molar refractivity (Wildman–Crippen MR) is 79.6 cm³/mol. The molecule has 0 saturated carbocycles. The molecule has 2 rings (SSSR count). The van der Waals surface area contributed by atoms with Crippen molar-refractivity contribution in [1.29, 1.82) is 0 Å². The van der Waals surface area contributed by atoms with Gasteiger partial charge in [-0.15, -0.1) is 0 Å². The third kappa shape index (κ3) is 4.13. The number of nitrogens with two attached hydrogens (primary N) is 1. The highest BCUT2D eigenvalue weighted by molar-refractivity contribution is 5.39. The van der Waals surface area contributed by atoms with Gasteiger partial charge in [-0.2, -0.15) is 4.98 Å². The van der Waals surface area contributed by atoms with Crippen LogP contribution in [0.15, 0.2) is 24.3 Å². The Kier molecular flexibility index (Phi) is 5.05. The first-order chi connectivity index (χ1) is 10.1. The fraction of sp³-hybridized carbons (Fsp3) is 0.333. The van der Waals surface area contributed by atoms with Crippen molar-refractivity contribution in [3.05, 3.63) is 47.0 Å². The molecule has 0 aliphatic rings. The summed E-state index contributed by atoms with van der Waals surface area (Å²) in [4.78, 5) is 8.41. The van der Waals surface area contributed by atoms with Crippen LogP contribution in [0, 0.1) is 12.7 Å². The van der Waals surface area contributed by atoms with E-state index < -0.39 is 0 Å². The highest BCUT2D eigenvalue weighted by atomic mass is 19.1. The summed E-state index contributed by atoms with van der Waals surface area (Å²) >= 11 is 0. The van der Waals surface area contributed by atoms with Gasteiger partial charge in [0.2, 0.25) is 5.88 Å². The van der Waals surface area contributed by atoms with Crippen molar-refractivity contribution in [2.75, 3.05) is 11.9 Å². The van der Waals surface area contributed by atoms with E-state index in [2.05, 4.69) is 15.3 Å². The van der Waals surface area contributed by atoms with Gasteiger partial charge in [-0.1, -0.05) is 12.1 Å². The summed E-state index contributed by atoms with van der Waals surface area (Å²) in [5.74, 6) is 1.43. The van der Waals surface area contributed by atoms with Crippen molar-refractivity contribution in [1.82, 2.24) is 9.97 Å². The van der Waals surface area contributed by atoms with Crippen molar-refractivity contribution < 1.29 is 9.13 Å². The van der Waals surface area contributed by atoms with Gasteiger partial charge in [-0.25, -0.2) is 9.37 Å². The molecule has 0 fully saturated rings. The summed E-state index contributed by atoms with van der Waals surface area (Å²) in [5.41, 5.74) is 6.81. The van der Waals surface area contributed by atoms with Gasteiger partial charge in [-0.05, 0) is 25.5 Å². The Morgan fingerprint density at radius 3 is 2.76 bits per heavy atom. The standard InChI is InChI=1S/C15H19FN4O/c1-3-21-15-7-14(19-10(2)20-15)18-9-12-5-4-11(8-17)6-13(12)16/h4-7H,3,8-9,17H2,1-2H3,(H,18,19,20). The van der Waals surface area contributed by atoms with Gasteiger partial charge in [0.15, 0.2) is 0 Å². The molecule has 0 aliphatic heterocycles. The molecule has 0 bridgehead atoms. The molecular formula is C15H19FN4O. The lowest BCUT2D eigenvalue weighted by Gasteiger charge is -2.10. The van der Waals surface area contributed by atoms with Crippen molar-refractivity contribution in [2.45, 2.75) is 26.9 Å². The first kappa shape index (κ1) is 15.2. The first-order valence-corrected chi connectivity index (χ1v) is 6.82. The number of ether oxygens (including phenoxy) is 1. The molecule has 0 unspecified atom stereocenters. The first-order valence-electron chi connectivity index (χ1n) is 6.82. The van der Waals surface area contributed by atoms with Gasteiger partial charge in [0, 0.05) is 24.7 Å². The van der Waals surface area contributed by atoms with E-state index in [9.17, 15) is 4.39 Å². The molecule has 1 heterocycles. The summed E-state index contributed by atoms with van der Waals surface area (Å²) < 4.78 is 19.2. The Hall–Kier alpha value is -2.21. The zero-order valence-corrected chi connectivity index (χ0v) is 12.2. The van der Waals surface area contributed by atoms with Gasteiger partial charge < -0.3 is 15.8 Å². The number of hydrogen-bond donors (Lipinski definition) is 2. The van der Waals surface area contributed by atoms with E-state index in [0.29, 0.717) is 42.8 Å². The molecule has 0 atom stereocenters. The number of benzene rings is 1. The lowest BCUT2D eigenvalue weighted by atomic mass is 10.1. The lowest BCUT2D eigenvalue weighted by Crippen LogP contribution is -2.07. The van der Waals surface area contributed by atoms with E-state index in [0.717, 1.165) is 5.56 Å². The van der Waals surface area contributed by atoms with Gasteiger partial charge in [-0.3, -0.25) is 0 Å². The minimum absolute atomic E-state index is 0.277. The molecule has 0 spiro atoms. The third-order valence-electron chi connectivity index (χ3n) is 2.92. The van der Waals surface area contributed by atoms with E-state index in [1.165, 1.54) is 6.07 Å². The van der Waals surface area contributed by atoms with Gasteiger partial charge in [0.1, 0.15) is 17.5 Å². The van der Waals surface area contributed by atoms with E-state index >= 15 is 0 Å². The third-order valence-corrected chi connectivity index (χ3v) is 2.92. The second-order valence-corrected chi connectivity index (χ2v) is 4.56. The fourth-order valence-corrected chi connectivity index (χ4v) is 1.90. The molecule has 3 N–H and O–H groups in total. The quantitative estimate of drug-likeness (QED) is 0.854. The molecule has 112 valence electrons. The van der Waals surface area contributed by atoms with Crippen LogP contribution in [0.1, 0.15) is 23.9 Å². The molecule has 0 amide bonds. The Labute approximate surface area is 123 Å². The Bertz CT molecular complexity index is 619. The van der Waals surface area contributed by atoms with Gasteiger partial charge in [0.25, 0.3) is 0 Å². The van der Waals surface area contributed by atoms with E-state index in [4.69, 9.17) is 10.5 Å². The van der Waals surface area contributed by atoms with Crippen LogP contribution < -0.4 is 15.8 Å².